The Morgan fingerprint density at radius 1 is 1.46 bits per heavy atom. The number of nitrogens with zero attached hydrogens (tertiary/aromatic N) is 2. The average molecular weight is 223 g/mol. The molecule has 0 aliphatic rings. The highest BCUT2D eigenvalue weighted by molar-refractivity contribution is 6.30. The van der Waals surface area contributed by atoms with E-state index in [-0.39, 0.29) is 16.6 Å². The highest BCUT2D eigenvalue weighted by atomic mass is 35.5. The number of rotatable bonds is 3. The summed E-state index contributed by atoms with van der Waals surface area (Å²) < 4.78 is 0. The number of halogens is 2. The summed E-state index contributed by atoms with van der Waals surface area (Å²) in [5, 5.41) is 18.8. The van der Waals surface area contributed by atoms with Gasteiger partial charge in [-0.05, 0) is 0 Å². The van der Waals surface area contributed by atoms with Crippen molar-refractivity contribution in [3.63, 3.8) is 0 Å². The number of aromatic nitrogens is 2. The first kappa shape index (κ1) is 10.7. The summed E-state index contributed by atoms with van der Waals surface area (Å²) in [6.07, 6.45) is 0.387. The van der Waals surface area contributed by atoms with Crippen LogP contribution >= 0.6 is 23.2 Å². The molecule has 0 fully saturated rings. The van der Waals surface area contributed by atoms with Gasteiger partial charge in [0.15, 0.2) is 0 Å². The first-order chi connectivity index (χ1) is 6.16. The highest BCUT2D eigenvalue weighted by Crippen LogP contribution is 2.22. The number of hydrogen-bond donors (Lipinski definition) is 2. The van der Waals surface area contributed by atoms with Crippen molar-refractivity contribution >= 4 is 23.2 Å². The molecular formula is C7H8Cl2N2O2. The Morgan fingerprint density at radius 3 is 2.69 bits per heavy atom. The number of hydrogen-bond acceptors (Lipinski definition) is 4. The Balaban J connectivity index is 2.88. The van der Waals surface area contributed by atoms with Crippen LogP contribution in [0.5, 0.6) is 0 Å². The normalized spacial score (nSPS) is 15.4. The Kier molecular flexibility index (Phi) is 3.87. The van der Waals surface area contributed by atoms with Crippen molar-refractivity contribution in [1.29, 1.82) is 0 Å². The number of aliphatic hydroxyl groups excluding tert-OH is 2. The summed E-state index contributed by atoms with van der Waals surface area (Å²) >= 11 is 11.0. The summed E-state index contributed by atoms with van der Waals surface area (Å²) in [6, 6.07) is 0. The van der Waals surface area contributed by atoms with Gasteiger partial charge in [0.2, 0.25) is 0 Å². The average Bonchev–Trinajstić information content (AvgIpc) is 2.16. The van der Waals surface area contributed by atoms with Crippen LogP contribution in [0.1, 0.15) is 11.7 Å². The molecule has 0 saturated carbocycles. The van der Waals surface area contributed by atoms with Crippen LogP contribution in [0.4, 0.5) is 0 Å². The standard InChI is InChI=1S/C7H8Cl2N2O2/c8-1-5(12)6(13)4-2-10-3-11-7(4)9/h2-3,5-6,12-13H,1H2. The molecule has 4 nitrogen and oxygen atoms in total. The van der Waals surface area contributed by atoms with Crippen molar-refractivity contribution in [2.45, 2.75) is 12.2 Å². The molecule has 2 atom stereocenters. The molecule has 0 saturated heterocycles. The lowest BCUT2D eigenvalue weighted by Crippen LogP contribution is -2.20. The summed E-state index contributed by atoms with van der Waals surface area (Å²) in [5.74, 6) is -0.0770. The fourth-order valence-electron chi connectivity index (χ4n) is 0.816. The molecule has 1 aromatic rings. The van der Waals surface area contributed by atoms with Gasteiger partial charge in [-0.3, -0.25) is 0 Å². The van der Waals surface area contributed by atoms with Gasteiger partial charge >= 0.3 is 0 Å². The van der Waals surface area contributed by atoms with Gasteiger partial charge in [-0.2, -0.15) is 0 Å². The van der Waals surface area contributed by atoms with E-state index in [0.717, 1.165) is 0 Å². The van der Waals surface area contributed by atoms with Gasteiger partial charge in [-0.25, -0.2) is 9.97 Å². The zero-order valence-electron chi connectivity index (χ0n) is 6.56. The Morgan fingerprint density at radius 2 is 2.15 bits per heavy atom. The lowest BCUT2D eigenvalue weighted by molar-refractivity contribution is 0.0323. The van der Waals surface area contributed by atoms with Crippen LogP contribution in [0.3, 0.4) is 0 Å². The molecule has 0 aromatic carbocycles. The van der Waals surface area contributed by atoms with E-state index in [2.05, 4.69) is 9.97 Å². The quantitative estimate of drug-likeness (QED) is 0.586. The largest absolute Gasteiger partial charge is 0.389 e. The topological polar surface area (TPSA) is 66.2 Å². The minimum atomic E-state index is -1.15. The number of aliphatic hydroxyl groups is 2. The predicted molar refractivity (Wildman–Crippen MR) is 48.7 cm³/mol. The van der Waals surface area contributed by atoms with E-state index < -0.39 is 12.2 Å². The van der Waals surface area contributed by atoms with E-state index in [9.17, 15) is 10.2 Å². The van der Waals surface area contributed by atoms with Crippen LogP contribution in [0.25, 0.3) is 0 Å². The molecule has 1 rings (SSSR count). The van der Waals surface area contributed by atoms with E-state index >= 15 is 0 Å². The van der Waals surface area contributed by atoms with Crippen molar-refractivity contribution in [2.24, 2.45) is 0 Å². The first-order valence-electron chi connectivity index (χ1n) is 3.54. The summed E-state index contributed by atoms with van der Waals surface area (Å²) in [4.78, 5) is 7.33. The minimum absolute atomic E-state index is 0.0770. The summed E-state index contributed by atoms with van der Waals surface area (Å²) in [6.45, 7) is 0. The van der Waals surface area contributed by atoms with Crippen molar-refractivity contribution in [3.8, 4) is 0 Å². The maximum atomic E-state index is 9.47. The summed E-state index contributed by atoms with van der Waals surface area (Å²) in [5.41, 5.74) is 0.275. The van der Waals surface area contributed by atoms with Crippen LogP contribution in [-0.4, -0.2) is 32.2 Å². The zero-order chi connectivity index (χ0) is 9.84. The molecule has 0 amide bonds. The molecule has 72 valence electrons. The predicted octanol–water partition coefficient (Wildman–Crippen LogP) is 0.763. The second kappa shape index (κ2) is 4.72. The van der Waals surface area contributed by atoms with Crippen LogP contribution < -0.4 is 0 Å². The van der Waals surface area contributed by atoms with E-state index in [4.69, 9.17) is 23.2 Å². The van der Waals surface area contributed by atoms with Gasteiger partial charge in [-0.15, -0.1) is 11.6 Å². The fourth-order valence-corrected chi connectivity index (χ4v) is 1.19. The van der Waals surface area contributed by atoms with Crippen LogP contribution in [0.15, 0.2) is 12.5 Å². The van der Waals surface area contributed by atoms with Gasteiger partial charge in [-0.1, -0.05) is 11.6 Å². The molecule has 13 heavy (non-hydrogen) atoms. The maximum Gasteiger partial charge on any atom is 0.138 e. The molecule has 0 radical (unpaired) electrons. The molecular weight excluding hydrogens is 215 g/mol. The lowest BCUT2D eigenvalue weighted by Gasteiger charge is -2.15. The smallest absolute Gasteiger partial charge is 0.138 e. The second-order valence-electron chi connectivity index (χ2n) is 2.44. The maximum absolute atomic E-state index is 9.47. The molecule has 1 aromatic heterocycles. The van der Waals surface area contributed by atoms with E-state index in [1.807, 2.05) is 0 Å². The third kappa shape index (κ3) is 2.51. The fraction of sp³-hybridized carbons (Fsp3) is 0.429. The van der Waals surface area contributed by atoms with Crippen molar-refractivity contribution in [3.05, 3.63) is 23.2 Å². The monoisotopic (exact) mass is 222 g/mol. The van der Waals surface area contributed by atoms with Crippen LogP contribution in [-0.2, 0) is 0 Å². The molecule has 0 bridgehead atoms. The molecule has 2 unspecified atom stereocenters. The van der Waals surface area contributed by atoms with Crippen molar-refractivity contribution in [1.82, 2.24) is 9.97 Å². The SMILES string of the molecule is OC(CCl)C(O)c1cncnc1Cl. The van der Waals surface area contributed by atoms with E-state index in [1.165, 1.54) is 12.5 Å². The third-order valence-electron chi connectivity index (χ3n) is 1.53. The third-order valence-corrected chi connectivity index (χ3v) is 2.16. The van der Waals surface area contributed by atoms with Crippen molar-refractivity contribution < 1.29 is 10.2 Å². The molecule has 6 heteroatoms. The molecule has 1 heterocycles. The molecule has 2 N–H and O–H groups in total. The first-order valence-corrected chi connectivity index (χ1v) is 4.45. The minimum Gasteiger partial charge on any atom is -0.389 e. The van der Waals surface area contributed by atoms with Gasteiger partial charge in [0.25, 0.3) is 0 Å². The Bertz CT molecular complexity index is 285. The second-order valence-corrected chi connectivity index (χ2v) is 3.10. The number of alkyl halides is 1. The van der Waals surface area contributed by atoms with Crippen LogP contribution in [0.2, 0.25) is 5.15 Å². The molecule has 0 spiro atoms. The summed E-state index contributed by atoms with van der Waals surface area (Å²) in [7, 11) is 0. The van der Waals surface area contributed by atoms with Crippen molar-refractivity contribution in [2.75, 3.05) is 5.88 Å². The lowest BCUT2D eigenvalue weighted by atomic mass is 10.1. The van der Waals surface area contributed by atoms with Crippen LogP contribution in [0, 0.1) is 0 Å². The van der Waals surface area contributed by atoms with E-state index in [0.29, 0.717) is 0 Å². The highest BCUT2D eigenvalue weighted by Gasteiger charge is 2.20. The van der Waals surface area contributed by atoms with Gasteiger partial charge in [0.1, 0.15) is 17.6 Å². The molecule has 0 aliphatic heterocycles. The zero-order valence-corrected chi connectivity index (χ0v) is 8.07. The van der Waals surface area contributed by atoms with Gasteiger partial charge < -0.3 is 10.2 Å². The van der Waals surface area contributed by atoms with Gasteiger partial charge in [0, 0.05) is 11.8 Å². The molecule has 0 aliphatic carbocycles. The van der Waals surface area contributed by atoms with E-state index in [1.54, 1.807) is 0 Å². The Labute approximate surface area is 85.2 Å². The Hall–Kier alpha value is -0.420. The van der Waals surface area contributed by atoms with Gasteiger partial charge in [0.05, 0.1) is 12.0 Å².